The summed E-state index contributed by atoms with van der Waals surface area (Å²) >= 11 is 6.14. The number of hydrogen-bond donors (Lipinski definition) is 1. The highest BCUT2D eigenvalue weighted by atomic mass is 32.1. The second-order valence-electron chi connectivity index (χ2n) is 9.52. The second-order valence-corrected chi connectivity index (χ2v) is 9.93. The van der Waals surface area contributed by atoms with E-state index in [1.807, 2.05) is 0 Å². The number of imidazole rings is 1. The SMILES string of the molecule is Cc1ccc(-c2cn3c(C(=S)Nc4ccccc4C)c(-c4ccccc4)c4c3n2CCCC4)cc1. The predicted molar refractivity (Wildman–Crippen MR) is 150 cm³/mol. The highest BCUT2D eigenvalue weighted by Gasteiger charge is 2.28. The third kappa shape index (κ3) is 3.78. The number of benzene rings is 3. The summed E-state index contributed by atoms with van der Waals surface area (Å²) in [5.74, 6) is 0. The van der Waals surface area contributed by atoms with Crippen molar-refractivity contribution in [1.29, 1.82) is 0 Å². The molecule has 0 unspecified atom stereocenters. The molecule has 1 aliphatic rings. The van der Waals surface area contributed by atoms with Crippen molar-refractivity contribution < 1.29 is 0 Å². The van der Waals surface area contributed by atoms with E-state index < -0.39 is 0 Å². The maximum absolute atomic E-state index is 6.14. The van der Waals surface area contributed by atoms with E-state index in [-0.39, 0.29) is 0 Å². The third-order valence-corrected chi connectivity index (χ3v) is 7.45. The molecule has 3 heterocycles. The lowest BCUT2D eigenvalue weighted by Crippen LogP contribution is -2.14. The molecule has 4 heteroatoms. The number of nitrogens with zero attached hydrogens (tertiary/aromatic N) is 2. The Bertz CT molecular complexity index is 1540. The Kier molecular flexibility index (Phi) is 5.54. The number of rotatable bonds is 4. The molecule has 0 spiro atoms. The van der Waals surface area contributed by atoms with Crippen molar-refractivity contribution in [2.75, 3.05) is 5.32 Å². The molecule has 0 amide bonds. The van der Waals surface area contributed by atoms with Gasteiger partial charge in [0.2, 0.25) is 0 Å². The molecule has 174 valence electrons. The van der Waals surface area contributed by atoms with E-state index in [1.54, 1.807) is 0 Å². The van der Waals surface area contributed by atoms with Gasteiger partial charge in [0.1, 0.15) is 10.6 Å². The van der Waals surface area contributed by atoms with Crippen LogP contribution in [0.4, 0.5) is 5.69 Å². The molecule has 0 atom stereocenters. The lowest BCUT2D eigenvalue weighted by Gasteiger charge is -2.13. The van der Waals surface area contributed by atoms with Gasteiger partial charge in [-0.2, -0.15) is 0 Å². The van der Waals surface area contributed by atoms with Gasteiger partial charge in [0, 0.05) is 29.6 Å². The summed E-state index contributed by atoms with van der Waals surface area (Å²) in [6, 6.07) is 27.9. The van der Waals surface area contributed by atoms with Crippen molar-refractivity contribution in [3.05, 3.63) is 107 Å². The fourth-order valence-electron chi connectivity index (χ4n) is 5.37. The van der Waals surface area contributed by atoms with Gasteiger partial charge in [-0.25, -0.2) is 0 Å². The number of aryl methyl sites for hydroxylation is 4. The molecule has 3 aromatic carbocycles. The molecule has 0 saturated carbocycles. The summed E-state index contributed by atoms with van der Waals surface area (Å²) in [6.07, 6.45) is 5.69. The molecule has 1 N–H and O–H groups in total. The van der Waals surface area contributed by atoms with Crippen LogP contribution in [-0.2, 0) is 13.0 Å². The normalized spacial score (nSPS) is 13.1. The van der Waals surface area contributed by atoms with E-state index in [0.717, 1.165) is 29.3 Å². The molecule has 0 bridgehead atoms. The molecule has 0 saturated heterocycles. The topological polar surface area (TPSA) is 21.4 Å². The van der Waals surface area contributed by atoms with Gasteiger partial charge < -0.3 is 9.88 Å². The standard InChI is InChI=1S/C31H29N3S/c1-21-15-17-23(18-16-21)27-20-34-29(30(35)32-26-14-7-6-10-22(26)2)28(24-11-4-3-5-12-24)25-13-8-9-19-33(27)31(25)34/h3-7,10-12,14-18,20H,8-9,13,19H2,1-2H3,(H,32,35). The second kappa shape index (κ2) is 8.86. The van der Waals surface area contributed by atoms with Gasteiger partial charge >= 0.3 is 0 Å². The Morgan fingerprint density at radius 3 is 2.34 bits per heavy atom. The first-order chi connectivity index (χ1) is 17.1. The predicted octanol–water partition coefficient (Wildman–Crippen LogP) is 7.82. The van der Waals surface area contributed by atoms with Gasteiger partial charge in [-0.3, -0.25) is 4.40 Å². The zero-order valence-corrected chi connectivity index (χ0v) is 21.0. The first-order valence-electron chi connectivity index (χ1n) is 12.4. The van der Waals surface area contributed by atoms with Crippen LogP contribution in [-0.4, -0.2) is 14.0 Å². The summed E-state index contributed by atoms with van der Waals surface area (Å²) in [7, 11) is 0. The van der Waals surface area contributed by atoms with Crippen LogP contribution in [0.25, 0.3) is 28.0 Å². The van der Waals surface area contributed by atoms with E-state index >= 15 is 0 Å². The Labute approximate surface area is 212 Å². The van der Waals surface area contributed by atoms with E-state index in [2.05, 4.69) is 113 Å². The molecular weight excluding hydrogens is 446 g/mol. The Hall–Kier alpha value is -3.63. The minimum Gasteiger partial charge on any atom is -0.345 e. The Morgan fingerprint density at radius 2 is 1.57 bits per heavy atom. The van der Waals surface area contributed by atoms with Gasteiger partial charge in [0.05, 0.1) is 11.4 Å². The van der Waals surface area contributed by atoms with Crippen LogP contribution in [0.15, 0.2) is 85.1 Å². The summed E-state index contributed by atoms with van der Waals surface area (Å²) in [6.45, 7) is 5.27. The molecule has 0 aliphatic carbocycles. The van der Waals surface area contributed by atoms with Crippen LogP contribution in [0.5, 0.6) is 0 Å². The first-order valence-corrected chi connectivity index (χ1v) is 12.8. The van der Waals surface area contributed by atoms with Crippen LogP contribution in [0.3, 0.4) is 0 Å². The van der Waals surface area contributed by atoms with Gasteiger partial charge in [-0.1, -0.05) is 90.6 Å². The largest absolute Gasteiger partial charge is 0.345 e. The molecule has 5 aromatic rings. The molecule has 1 aliphatic heterocycles. The molecule has 2 aromatic heterocycles. The van der Waals surface area contributed by atoms with E-state index in [9.17, 15) is 0 Å². The average molecular weight is 476 g/mol. The number of para-hydroxylation sites is 1. The van der Waals surface area contributed by atoms with Crippen molar-refractivity contribution >= 4 is 28.5 Å². The summed E-state index contributed by atoms with van der Waals surface area (Å²) in [4.78, 5) is 0.757. The van der Waals surface area contributed by atoms with Crippen LogP contribution in [0, 0.1) is 13.8 Å². The monoisotopic (exact) mass is 475 g/mol. The van der Waals surface area contributed by atoms with Crippen molar-refractivity contribution in [2.45, 2.75) is 39.7 Å². The maximum atomic E-state index is 6.14. The summed E-state index contributed by atoms with van der Waals surface area (Å²) in [5.41, 5.74) is 12.3. The van der Waals surface area contributed by atoms with E-state index in [0.29, 0.717) is 0 Å². The minimum atomic E-state index is 0.757. The Balaban J connectivity index is 1.61. The number of thiocarbonyl (C=S) groups is 1. The van der Waals surface area contributed by atoms with Crippen LogP contribution in [0.1, 0.15) is 35.2 Å². The lowest BCUT2D eigenvalue weighted by molar-refractivity contribution is 0.647. The van der Waals surface area contributed by atoms with E-state index in [4.69, 9.17) is 12.2 Å². The highest BCUT2D eigenvalue weighted by Crippen LogP contribution is 2.40. The summed E-state index contributed by atoms with van der Waals surface area (Å²) in [5, 5.41) is 3.58. The molecule has 0 radical (unpaired) electrons. The zero-order valence-electron chi connectivity index (χ0n) is 20.2. The minimum absolute atomic E-state index is 0.757. The quantitative estimate of drug-likeness (QED) is 0.268. The maximum Gasteiger partial charge on any atom is 0.128 e. The molecule has 35 heavy (non-hydrogen) atoms. The first kappa shape index (κ1) is 21.9. The average Bonchev–Trinajstić information content (AvgIpc) is 3.29. The number of hydrogen-bond acceptors (Lipinski definition) is 1. The van der Waals surface area contributed by atoms with Crippen molar-refractivity contribution in [3.8, 4) is 22.4 Å². The van der Waals surface area contributed by atoms with Crippen molar-refractivity contribution in [3.63, 3.8) is 0 Å². The fourth-order valence-corrected chi connectivity index (χ4v) is 5.68. The van der Waals surface area contributed by atoms with Gasteiger partial charge in [-0.05, 0) is 55.9 Å². The highest BCUT2D eigenvalue weighted by molar-refractivity contribution is 7.81. The van der Waals surface area contributed by atoms with Crippen LogP contribution in [0.2, 0.25) is 0 Å². The molecule has 3 nitrogen and oxygen atoms in total. The van der Waals surface area contributed by atoms with Crippen LogP contribution < -0.4 is 5.32 Å². The number of anilines is 1. The summed E-state index contributed by atoms with van der Waals surface area (Å²) < 4.78 is 4.87. The number of aromatic nitrogens is 2. The van der Waals surface area contributed by atoms with E-state index in [1.165, 1.54) is 57.6 Å². The van der Waals surface area contributed by atoms with Crippen molar-refractivity contribution in [2.24, 2.45) is 0 Å². The smallest absolute Gasteiger partial charge is 0.128 e. The van der Waals surface area contributed by atoms with Crippen molar-refractivity contribution in [1.82, 2.24) is 8.97 Å². The molecular formula is C31H29N3S. The lowest BCUT2D eigenvalue weighted by atomic mass is 9.98. The fraction of sp³-hybridized carbons (Fsp3) is 0.194. The molecule has 0 fully saturated rings. The van der Waals surface area contributed by atoms with Gasteiger partial charge in [0.25, 0.3) is 0 Å². The number of nitrogens with one attached hydrogen (secondary N) is 1. The zero-order chi connectivity index (χ0) is 23.9. The molecule has 6 rings (SSSR count). The Morgan fingerprint density at radius 1 is 0.829 bits per heavy atom. The van der Waals surface area contributed by atoms with Crippen LogP contribution >= 0.6 is 12.2 Å². The third-order valence-electron chi connectivity index (χ3n) is 7.15. The van der Waals surface area contributed by atoms with Gasteiger partial charge in [-0.15, -0.1) is 0 Å². The van der Waals surface area contributed by atoms with Gasteiger partial charge in [0.15, 0.2) is 0 Å².